The van der Waals surface area contributed by atoms with Crippen molar-refractivity contribution in [1.82, 2.24) is 0 Å². The molecular formula is C11H15BrN2O2S. The molecule has 1 aliphatic rings. The topological polar surface area (TPSA) is 55.2 Å². The summed E-state index contributed by atoms with van der Waals surface area (Å²) < 4.78 is 3.84. The van der Waals surface area contributed by atoms with Crippen LogP contribution in [0.25, 0.3) is 0 Å². The van der Waals surface area contributed by atoms with E-state index in [4.69, 9.17) is 0 Å². The van der Waals surface area contributed by atoms with Crippen LogP contribution in [0.3, 0.4) is 0 Å². The highest BCUT2D eigenvalue weighted by molar-refractivity contribution is 9.10. The Morgan fingerprint density at radius 1 is 1.41 bits per heavy atom. The normalized spacial score (nSPS) is 13.6. The minimum Gasteiger partial charge on any atom is -0.329 e. The number of nitrogens with zero attached hydrogens (tertiary/aromatic N) is 1. The van der Waals surface area contributed by atoms with Gasteiger partial charge < -0.3 is 4.72 Å². The number of anilines is 1. The maximum absolute atomic E-state index is 10.6. The fourth-order valence-electron chi connectivity index (χ4n) is 1.08. The van der Waals surface area contributed by atoms with E-state index in [0.29, 0.717) is 5.25 Å². The lowest BCUT2D eigenvalue weighted by molar-refractivity contribution is -0.384. The minimum atomic E-state index is -0.391. The quantitative estimate of drug-likeness (QED) is 0.500. The maximum atomic E-state index is 10.6. The molecule has 94 valence electrons. The second-order valence-corrected chi connectivity index (χ2v) is 5.40. The van der Waals surface area contributed by atoms with Crippen molar-refractivity contribution >= 4 is 39.3 Å². The number of hydrogen-bond donors (Lipinski definition) is 1. The van der Waals surface area contributed by atoms with Gasteiger partial charge in [-0.2, -0.15) is 0 Å². The van der Waals surface area contributed by atoms with Crippen LogP contribution in [-0.4, -0.2) is 10.2 Å². The van der Waals surface area contributed by atoms with Crippen LogP contribution in [-0.2, 0) is 0 Å². The Bertz CT molecular complexity index is 397. The minimum absolute atomic E-state index is 0.100. The third-order valence-corrected chi connectivity index (χ3v) is 3.58. The number of nitro benzene ring substituents is 1. The van der Waals surface area contributed by atoms with Crippen LogP contribution in [0.15, 0.2) is 22.7 Å². The fraction of sp³-hybridized carbons (Fsp3) is 0.455. The smallest absolute Gasteiger partial charge is 0.272 e. The first kappa shape index (κ1) is 14.3. The predicted octanol–water partition coefficient (Wildman–Crippen LogP) is 4.61. The van der Waals surface area contributed by atoms with Gasteiger partial charge in [0.2, 0.25) is 0 Å². The summed E-state index contributed by atoms with van der Waals surface area (Å²) in [5, 5.41) is 11.3. The Balaban J connectivity index is 0.000000686. The van der Waals surface area contributed by atoms with E-state index in [9.17, 15) is 10.1 Å². The summed E-state index contributed by atoms with van der Waals surface area (Å²) in [4.78, 5) is 10.2. The summed E-state index contributed by atoms with van der Waals surface area (Å²) >= 11 is 4.88. The number of halogens is 1. The first-order valence-electron chi connectivity index (χ1n) is 5.52. The number of rotatable bonds is 4. The van der Waals surface area contributed by atoms with E-state index in [1.54, 1.807) is 18.0 Å². The average molecular weight is 319 g/mol. The Morgan fingerprint density at radius 2 is 2.06 bits per heavy atom. The molecule has 0 spiro atoms. The van der Waals surface area contributed by atoms with Gasteiger partial charge in [-0.15, -0.1) is 0 Å². The highest BCUT2D eigenvalue weighted by atomic mass is 79.9. The van der Waals surface area contributed by atoms with E-state index >= 15 is 0 Å². The van der Waals surface area contributed by atoms with Crippen molar-refractivity contribution < 1.29 is 4.92 Å². The molecule has 0 heterocycles. The van der Waals surface area contributed by atoms with E-state index in [1.165, 1.54) is 18.9 Å². The predicted molar refractivity (Wildman–Crippen MR) is 76.4 cm³/mol. The average Bonchev–Trinajstić information content (AvgIpc) is 3.12. The molecule has 0 unspecified atom stereocenters. The van der Waals surface area contributed by atoms with Crippen molar-refractivity contribution in [3.63, 3.8) is 0 Å². The summed E-state index contributed by atoms with van der Waals surface area (Å²) in [7, 11) is 0. The van der Waals surface area contributed by atoms with Crippen LogP contribution in [0.5, 0.6) is 0 Å². The highest BCUT2D eigenvalue weighted by Gasteiger charge is 2.22. The molecule has 0 bridgehead atoms. The molecule has 1 saturated carbocycles. The Hall–Kier alpha value is -0.750. The number of nitrogens with one attached hydrogen (secondary N) is 1. The molecule has 0 aromatic heterocycles. The van der Waals surface area contributed by atoms with E-state index in [0.717, 1.165) is 10.2 Å². The standard InChI is InChI=1S/C9H9BrN2O2S.C2H6/c10-6-3-7(11-15-9-1-2-9)5-8(4-6)12(13)14;1-2/h3-5,9,11H,1-2H2;1-2H3. The van der Waals surface area contributed by atoms with Gasteiger partial charge in [0.05, 0.1) is 10.6 Å². The zero-order valence-corrected chi connectivity index (χ0v) is 12.2. The van der Waals surface area contributed by atoms with E-state index in [1.807, 2.05) is 19.9 Å². The molecule has 17 heavy (non-hydrogen) atoms. The molecular weight excluding hydrogens is 304 g/mol. The fourth-order valence-corrected chi connectivity index (χ4v) is 2.35. The largest absolute Gasteiger partial charge is 0.329 e. The van der Waals surface area contributed by atoms with Crippen LogP contribution >= 0.6 is 27.9 Å². The second kappa shape index (κ2) is 6.86. The molecule has 0 atom stereocenters. The zero-order chi connectivity index (χ0) is 12.8. The first-order chi connectivity index (χ1) is 8.15. The number of non-ortho nitro benzene ring substituents is 1. The van der Waals surface area contributed by atoms with E-state index in [-0.39, 0.29) is 5.69 Å². The van der Waals surface area contributed by atoms with E-state index < -0.39 is 4.92 Å². The van der Waals surface area contributed by atoms with Gasteiger partial charge in [-0.25, -0.2) is 0 Å². The Kier molecular flexibility index (Phi) is 5.77. The lowest BCUT2D eigenvalue weighted by Crippen LogP contribution is -1.92. The number of nitro groups is 1. The maximum Gasteiger partial charge on any atom is 0.272 e. The molecule has 0 aliphatic heterocycles. The number of benzene rings is 1. The highest BCUT2D eigenvalue weighted by Crippen LogP contribution is 2.35. The van der Waals surface area contributed by atoms with Crippen LogP contribution < -0.4 is 4.72 Å². The zero-order valence-electron chi connectivity index (χ0n) is 9.77. The van der Waals surface area contributed by atoms with Crippen molar-refractivity contribution in [3.05, 3.63) is 32.8 Å². The lowest BCUT2D eigenvalue weighted by atomic mass is 10.3. The molecule has 1 aliphatic carbocycles. The van der Waals surface area contributed by atoms with Crippen LogP contribution in [0.4, 0.5) is 11.4 Å². The van der Waals surface area contributed by atoms with Crippen molar-refractivity contribution in [1.29, 1.82) is 0 Å². The van der Waals surface area contributed by atoms with Gasteiger partial charge in [0.15, 0.2) is 0 Å². The molecule has 1 fully saturated rings. The first-order valence-corrected chi connectivity index (χ1v) is 7.19. The monoisotopic (exact) mass is 318 g/mol. The van der Waals surface area contributed by atoms with Gasteiger partial charge >= 0.3 is 0 Å². The van der Waals surface area contributed by atoms with Gasteiger partial charge in [0, 0.05) is 21.9 Å². The van der Waals surface area contributed by atoms with Crippen LogP contribution in [0.2, 0.25) is 0 Å². The Labute approximate surface area is 114 Å². The van der Waals surface area contributed by atoms with Gasteiger partial charge in [0.1, 0.15) is 0 Å². The van der Waals surface area contributed by atoms with Crippen molar-refractivity contribution in [3.8, 4) is 0 Å². The lowest BCUT2D eigenvalue weighted by Gasteiger charge is -2.04. The summed E-state index contributed by atoms with van der Waals surface area (Å²) in [6.45, 7) is 4.00. The van der Waals surface area contributed by atoms with Gasteiger partial charge in [-0.3, -0.25) is 10.1 Å². The van der Waals surface area contributed by atoms with Crippen molar-refractivity contribution in [2.45, 2.75) is 31.9 Å². The summed E-state index contributed by atoms with van der Waals surface area (Å²) in [6, 6.07) is 4.87. The third-order valence-electron chi connectivity index (χ3n) is 1.96. The summed E-state index contributed by atoms with van der Waals surface area (Å²) in [6.07, 6.45) is 2.46. The summed E-state index contributed by atoms with van der Waals surface area (Å²) in [5.41, 5.74) is 0.872. The molecule has 1 N–H and O–H groups in total. The van der Waals surface area contributed by atoms with Crippen molar-refractivity contribution in [2.75, 3.05) is 4.72 Å². The summed E-state index contributed by atoms with van der Waals surface area (Å²) in [5.74, 6) is 0. The molecule has 6 heteroatoms. The molecule has 2 rings (SSSR count). The van der Waals surface area contributed by atoms with Crippen LogP contribution in [0.1, 0.15) is 26.7 Å². The van der Waals surface area contributed by atoms with E-state index in [2.05, 4.69) is 20.7 Å². The molecule has 0 radical (unpaired) electrons. The van der Waals surface area contributed by atoms with Gasteiger partial charge in [0.25, 0.3) is 5.69 Å². The molecule has 4 nitrogen and oxygen atoms in total. The Morgan fingerprint density at radius 3 is 2.59 bits per heavy atom. The molecule has 1 aromatic carbocycles. The van der Waals surface area contributed by atoms with Crippen LogP contribution in [0, 0.1) is 10.1 Å². The van der Waals surface area contributed by atoms with Gasteiger partial charge in [-0.1, -0.05) is 29.8 Å². The molecule has 1 aromatic rings. The van der Waals surface area contributed by atoms with Gasteiger partial charge in [-0.05, 0) is 30.9 Å². The number of hydrogen-bond acceptors (Lipinski definition) is 4. The second-order valence-electron chi connectivity index (χ2n) is 3.37. The third kappa shape index (κ3) is 4.95. The SMILES string of the molecule is CC.O=[N+]([O-])c1cc(Br)cc(NSC2CC2)c1. The molecule has 0 saturated heterocycles. The molecule has 0 amide bonds. The van der Waals surface area contributed by atoms with Crippen molar-refractivity contribution in [2.24, 2.45) is 0 Å².